The SMILES string of the molecule is Cc1ccccc1Oc1ccc(OCc2ccc3c(c2)OCO3)cc1. The van der Waals surface area contributed by atoms with Gasteiger partial charge in [-0.1, -0.05) is 24.3 Å². The van der Waals surface area contributed by atoms with E-state index in [2.05, 4.69) is 0 Å². The van der Waals surface area contributed by atoms with E-state index in [9.17, 15) is 0 Å². The molecule has 25 heavy (non-hydrogen) atoms. The molecule has 0 amide bonds. The molecule has 1 heterocycles. The predicted octanol–water partition coefficient (Wildman–Crippen LogP) is 5.10. The summed E-state index contributed by atoms with van der Waals surface area (Å²) in [6, 6.07) is 21.4. The Kier molecular flexibility index (Phi) is 4.17. The summed E-state index contributed by atoms with van der Waals surface area (Å²) in [4.78, 5) is 0. The normalized spacial score (nSPS) is 12.0. The summed E-state index contributed by atoms with van der Waals surface area (Å²) in [5.74, 6) is 3.97. The fraction of sp³-hybridized carbons (Fsp3) is 0.143. The van der Waals surface area contributed by atoms with E-state index in [4.69, 9.17) is 18.9 Å². The van der Waals surface area contributed by atoms with Crippen molar-refractivity contribution in [2.45, 2.75) is 13.5 Å². The first-order chi connectivity index (χ1) is 12.3. The van der Waals surface area contributed by atoms with Crippen molar-refractivity contribution >= 4 is 0 Å². The Morgan fingerprint density at radius 3 is 2.44 bits per heavy atom. The monoisotopic (exact) mass is 334 g/mol. The van der Waals surface area contributed by atoms with Gasteiger partial charge in [0.15, 0.2) is 11.5 Å². The lowest BCUT2D eigenvalue weighted by Gasteiger charge is -2.10. The molecule has 0 spiro atoms. The minimum absolute atomic E-state index is 0.280. The molecule has 1 aliphatic heterocycles. The second-order valence-electron chi connectivity index (χ2n) is 5.82. The van der Waals surface area contributed by atoms with Crippen LogP contribution in [0.2, 0.25) is 0 Å². The molecular formula is C21H18O4. The molecule has 0 radical (unpaired) electrons. The Morgan fingerprint density at radius 1 is 0.840 bits per heavy atom. The van der Waals surface area contributed by atoms with Crippen LogP contribution in [0.5, 0.6) is 28.7 Å². The summed E-state index contributed by atoms with van der Waals surface area (Å²) < 4.78 is 22.4. The molecule has 0 N–H and O–H groups in total. The predicted molar refractivity (Wildman–Crippen MR) is 94.6 cm³/mol. The van der Waals surface area contributed by atoms with Crippen LogP contribution in [0.1, 0.15) is 11.1 Å². The van der Waals surface area contributed by atoms with Gasteiger partial charge >= 0.3 is 0 Å². The van der Waals surface area contributed by atoms with Crippen molar-refractivity contribution in [3.63, 3.8) is 0 Å². The number of hydrogen-bond acceptors (Lipinski definition) is 4. The van der Waals surface area contributed by atoms with E-state index >= 15 is 0 Å². The van der Waals surface area contributed by atoms with E-state index in [0.29, 0.717) is 6.61 Å². The lowest BCUT2D eigenvalue weighted by Crippen LogP contribution is -1.95. The second-order valence-corrected chi connectivity index (χ2v) is 5.82. The molecule has 0 saturated carbocycles. The van der Waals surface area contributed by atoms with Crippen molar-refractivity contribution in [3.8, 4) is 28.7 Å². The van der Waals surface area contributed by atoms with E-state index < -0.39 is 0 Å². The third-order valence-electron chi connectivity index (χ3n) is 3.99. The van der Waals surface area contributed by atoms with Gasteiger partial charge in [0, 0.05) is 0 Å². The number of ether oxygens (including phenoxy) is 4. The molecule has 4 heteroatoms. The minimum Gasteiger partial charge on any atom is -0.489 e. The van der Waals surface area contributed by atoms with Crippen LogP contribution in [-0.4, -0.2) is 6.79 Å². The topological polar surface area (TPSA) is 36.9 Å². The number of benzene rings is 3. The second kappa shape index (κ2) is 6.77. The molecule has 0 aliphatic carbocycles. The van der Waals surface area contributed by atoms with E-state index in [1.54, 1.807) is 0 Å². The van der Waals surface area contributed by atoms with Gasteiger partial charge in [0.05, 0.1) is 0 Å². The van der Waals surface area contributed by atoms with Crippen molar-refractivity contribution in [1.82, 2.24) is 0 Å². The van der Waals surface area contributed by atoms with Crippen LogP contribution in [0.4, 0.5) is 0 Å². The highest BCUT2D eigenvalue weighted by atomic mass is 16.7. The highest BCUT2D eigenvalue weighted by Gasteiger charge is 2.13. The fourth-order valence-electron chi connectivity index (χ4n) is 2.60. The molecule has 0 saturated heterocycles. The fourth-order valence-corrected chi connectivity index (χ4v) is 2.60. The minimum atomic E-state index is 0.280. The Hall–Kier alpha value is -3.14. The molecule has 0 aromatic heterocycles. The van der Waals surface area contributed by atoms with Crippen molar-refractivity contribution < 1.29 is 18.9 Å². The van der Waals surface area contributed by atoms with E-state index in [0.717, 1.165) is 39.9 Å². The molecule has 0 bridgehead atoms. The largest absolute Gasteiger partial charge is 0.489 e. The molecule has 1 aliphatic rings. The molecular weight excluding hydrogens is 316 g/mol. The molecule has 0 fully saturated rings. The van der Waals surface area contributed by atoms with Gasteiger partial charge in [-0.15, -0.1) is 0 Å². The third kappa shape index (κ3) is 3.53. The van der Waals surface area contributed by atoms with Crippen molar-refractivity contribution in [2.75, 3.05) is 6.79 Å². The van der Waals surface area contributed by atoms with Gasteiger partial charge in [0.25, 0.3) is 0 Å². The lowest BCUT2D eigenvalue weighted by atomic mass is 10.2. The molecule has 126 valence electrons. The van der Waals surface area contributed by atoms with Gasteiger partial charge in [0.2, 0.25) is 6.79 Å². The first-order valence-corrected chi connectivity index (χ1v) is 8.13. The van der Waals surface area contributed by atoms with Gasteiger partial charge in [-0.25, -0.2) is 0 Å². The van der Waals surface area contributed by atoms with Gasteiger partial charge in [-0.05, 0) is 60.5 Å². The van der Waals surface area contributed by atoms with E-state index in [1.165, 1.54) is 0 Å². The van der Waals surface area contributed by atoms with Gasteiger partial charge in [-0.3, -0.25) is 0 Å². The standard InChI is InChI=1S/C21H18O4/c1-15-4-2-3-5-19(15)25-18-9-7-17(8-10-18)22-13-16-6-11-20-21(12-16)24-14-23-20/h2-12H,13-14H2,1H3. The number of para-hydroxylation sites is 1. The van der Waals surface area contributed by atoms with E-state index in [1.807, 2.05) is 73.7 Å². The van der Waals surface area contributed by atoms with E-state index in [-0.39, 0.29) is 6.79 Å². The van der Waals surface area contributed by atoms with Gasteiger partial charge in [0.1, 0.15) is 23.9 Å². The average molecular weight is 334 g/mol. The first-order valence-electron chi connectivity index (χ1n) is 8.13. The number of aryl methyl sites for hydroxylation is 1. The van der Waals surface area contributed by atoms with Crippen LogP contribution in [0, 0.1) is 6.92 Å². The summed E-state index contributed by atoms with van der Waals surface area (Å²) in [5, 5.41) is 0. The maximum Gasteiger partial charge on any atom is 0.231 e. The molecule has 3 aromatic carbocycles. The zero-order valence-electron chi connectivity index (χ0n) is 13.9. The summed E-state index contributed by atoms with van der Waals surface area (Å²) in [5.41, 5.74) is 2.13. The molecule has 4 rings (SSSR count). The molecule has 3 aromatic rings. The Labute approximate surface area is 146 Å². The molecule has 0 atom stereocenters. The summed E-state index contributed by atoms with van der Waals surface area (Å²) in [6.45, 7) is 2.77. The van der Waals surface area contributed by atoms with Crippen LogP contribution in [0.3, 0.4) is 0 Å². The molecule has 0 unspecified atom stereocenters. The van der Waals surface area contributed by atoms with Crippen LogP contribution >= 0.6 is 0 Å². The smallest absolute Gasteiger partial charge is 0.231 e. The van der Waals surface area contributed by atoms with Crippen LogP contribution < -0.4 is 18.9 Å². The van der Waals surface area contributed by atoms with Crippen LogP contribution in [0.25, 0.3) is 0 Å². The highest BCUT2D eigenvalue weighted by molar-refractivity contribution is 5.44. The van der Waals surface area contributed by atoms with Crippen molar-refractivity contribution in [1.29, 1.82) is 0 Å². The Bertz CT molecular complexity index is 871. The highest BCUT2D eigenvalue weighted by Crippen LogP contribution is 2.33. The van der Waals surface area contributed by atoms with Crippen LogP contribution in [-0.2, 0) is 6.61 Å². The summed E-state index contributed by atoms with van der Waals surface area (Å²) in [6.07, 6.45) is 0. The maximum atomic E-state index is 5.89. The Balaban J connectivity index is 1.38. The maximum absolute atomic E-state index is 5.89. The number of fused-ring (bicyclic) bond motifs is 1. The van der Waals surface area contributed by atoms with Gasteiger partial charge < -0.3 is 18.9 Å². The lowest BCUT2D eigenvalue weighted by molar-refractivity contribution is 0.174. The Morgan fingerprint density at radius 2 is 1.60 bits per heavy atom. The van der Waals surface area contributed by atoms with Gasteiger partial charge in [-0.2, -0.15) is 0 Å². The zero-order chi connectivity index (χ0) is 17.1. The number of rotatable bonds is 5. The first kappa shape index (κ1) is 15.4. The quantitative estimate of drug-likeness (QED) is 0.651. The molecule has 4 nitrogen and oxygen atoms in total. The van der Waals surface area contributed by atoms with Crippen LogP contribution in [0.15, 0.2) is 66.7 Å². The third-order valence-corrected chi connectivity index (χ3v) is 3.99. The number of hydrogen-bond donors (Lipinski definition) is 0. The average Bonchev–Trinajstić information content (AvgIpc) is 3.11. The zero-order valence-corrected chi connectivity index (χ0v) is 13.9. The van der Waals surface area contributed by atoms with Crippen molar-refractivity contribution in [2.24, 2.45) is 0 Å². The summed E-state index contributed by atoms with van der Waals surface area (Å²) >= 11 is 0. The van der Waals surface area contributed by atoms with Crippen molar-refractivity contribution in [3.05, 3.63) is 77.9 Å². The summed E-state index contributed by atoms with van der Waals surface area (Å²) in [7, 11) is 0.